The van der Waals surface area contributed by atoms with E-state index in [0.717, 1.165) is 17.9 Å². The summed E-state index contributed by atoms with van der Waals surface area (Å²) >= 11 is 3.76. The summed E-state index contributed by atoms with van der Waals surface area (Å²) in [6, 6.07) is 12.3. The monoisotopic (exact) mass is 333 g/mol. The van der Waals surface area contributed by atoms with Crippen molar-refractivity contribution in [2.75, 3.05) is 0 Å². The van der Waals surface area contributed by atoms with E-state index in [1.807, 2.05) is 38.2 Å². The number of aromatic nitrogens is 1. The van der Waals surface area contributed by atoms with Crippen molar-refractivity contribution in [2.45, 2.75) is 38.1 Å². The third-order valence-corrected chi connectivity index (χ3v) is 3.93. The maximum Gasteiger partial charge on any atom is 0.119 e. The van der Waals surface area contributed by atoms with Gasteiger partial charge in [-0.1, -0.05) is 34.1 Å². The van der Waals surface area contributed by atoms with Crippen LogP contribution in [0.2, 0.25) is 0 Å². The molecule has 0 N–H and O–H groups in total. The molecule has 0 radical (unpaired) electrons. The molecule has 2 aromatic rings. The summed E-state index contributed by atoms with van der Waals surface area (Å²) in [6.07, 6.45) is 2.91. The Morgan fingerprint density at radius 1 is 1.20 bits per heavy atom. The Balaban J connectivity index is 2.13. The molecule has 0 aliphatic rings. The number of nitrogens with zero attached hydrogens (tertiary/aromatic N) is 1. The Bertz CT molecular complexity index is 568. The molecule has 106 valence electrons. The highest BCUT2D eigenvalue weighted by Crippen LogP contribution is 2.29. The molecule has 1 atom stereocenters. The molecule has 1 unspecified atom stereocenters. The van der Waals surface area contributed by atoms with Gasteiger partial charge < -0.3 is 4.74 Å². The van der Waals surface area contributed by atoms with Crippen molar-refractivity contribution in [3.8, 4) is 5.75 Å². The molecule has 0 aliphatic heterocycles. The van der Waals surface area contributed by atoms with Gasteiger partial charge in [0.15, 0.2) is 0 Å². The summed E-state index contributed by atoms with van der Waals surface area (Å²) < 4.78 is 5.74. The first kappa shape index (κ1) is 15.0. The highest BCUT2D eigenvalue weighted by Gasteiger charge is 2.12. The molecule has 1 aromatic heterocycles. The predicted molar refractivity (Wildman–Crippen MR) is 86.6 cm³/mol. The Morgan fingerprint density at radius 2 is 2.00 bits per heavy atom. The van der Waals surface area contributed by atoms with E-state index < -0.39 is 0 Å². The quantitative estimate of drug-likeness (QED) is 0.729. The van der Waals surface area contributed by atoms with E-state index >= 15 is 0 Å². The fourth-order valence-corrected chi connectivity index (χ4v) is 2.67. The maximum atomic E-state index is 5.74. The number of hydrogen-bond donors (Lipinski definition) is 0. The lowest BCUT2D eigenvalue weighted by Gasteiger charge is -2.14. The Labute approximate surface area is 129 Å². The fraction of sp³-hybridized carbons (Fsp3) is 0.353. The van der Waals surface area contributed by atoms with Crippen LogP contribution in [0, 0.1) is 6.92 Å². The number of aryl methyl sites for hydroxylation is 1. The summed E-state index contributed by atoms with van der Waals surface area (Å²) in [6.45, 7) is 6.17. The number of halogens is 1. The molecule has 1 heterocycles. The molecule has 2 nitrogen and oxygen atoms in total. The Morgan fingerprint density at radius 3 is 2.70 bits per heavy atom. The van der Waals surface area contributed by atoms with E-state index in [4.69, 9.17) is 4.74 Å². The first-order chi connectivity index (χ1) is 9.56. The number of rotatable bonds is 5. The van der Waals surface area contributed by atoms with Gasteiger partial charge in [0.25, 0.3) is 0 Å². The van der Waals surface area contributed by atoms with Gasteiger partial charge in [-0.25, -0.2) is 0 Å². The lowest BCUT2D eigenvalue weighted by Crippen LogP contribution is -2.06. The van der Waals surface area contributed by atoms with Crippen LogP contribution in [-0.4, -0.2) is 11.1 Å². The lowest BCUT2D eigenvalue weighted by atomic mass is 10.0. The molecule has 0 amide bonds. The minimum atomic E-state index is 0.192. The van der Waals surface area contributed by atoms with Crippen molar-refractivity contribution >= 4 is 15.9 Å². The van der Waals surface area contributed by atoms with Crippen LogP contribution in [-0.2, 0) is 6.42 Å². The third kappa shape index (κ3) is 4.07. The van der Waals surface area contributed by atoms with Gasteiger partial charge >= 0.3 is 0 Å². The van der Waals surface area contributed by atoms with Crippen LogP contribution in [0.15, 0.2) is 42.6 Å². The minimum Gasteiger partial charge on any atom is -0.491 e. The first-order valence-electron chi connectivity index (χ1n) is 6.87. The van der Waals surface area contributed by atoms with E-state index in [1.165, 1.54) is 11.1 Å². The van der Waals surface area contributed by atoms with E-state index in [-0.39, 0.29) is 10.9 Å². The number of hydrogen-bond acceptors (Lipinski definition) is 2. The standard InChI is InChI=1S/C17H20BrNO/c1-12(2)20-15-8-4-7-14(10-15)16(18)11-17-13(3)6-5-9-19-17/h4-10,12,16H,11H2,1-3H3. The zero-order chi connectivity index (χ0) is 14.5. The van der Waals surface area contributed by atoms with Gasteiger partial charge in [0, 0.05) is 23.1 Å². The van der Waals surface area contributed by atoms with E-state index in [2.05, 4.69) is 46.0 Å². The Hall–Kier alpha value is -1.35. The molecule has 0 saturated heterocycles. The largest absolute Gasteiger partial charge is 0.491 e. The average Bonchev–Trinajstić information content (AvgIpc) is 2.41. The minimum absolute atomic E-state index is 0.192. The number of benzene rings is 1. The number of alkyl halides is 1. The van der Waals surface area contributed by atoms with Crippen molar-refractivity contribution < 1.29 is 4.74 Å². The van der Waals surface area contributed by atoms with Crippen LogP contribution < -0.4 is 4.74 Å². The molecule has 2 rings (SSSR count). The van der Waals surface area contributed by atoms with Gasteiger partial charge in [-0.05, 0) is 50.1 Å². The highest BCUT2D eigenvalue weighted by atomic mass is 79.9. The van der Waals surface area contributed by atoms with Crippen LogP contribution in [0.1, 0.15) is 35.5 Å². The summed E-state index contributed by atoms with van der Waals surface area (Å²) in [5, 5.41) is 0. The first-order valence-corrected chi connectivity index (χ1v) is 7.79. The summed E-state index contributed by atoms with van der Waals surface area (Å²) in [7, 11) is 0. The molecule has 0 aliphatic carbocycles. The number of pyridine rings is 1. The molecule has 0 spiro atoms. The van der Waals surface area contributed by atoms with Crippen LogP contribution in [0.3, 0.4) is 0 Å². The normalized spacial score (nSPS) is 12.4. The Kier molecular flexibility index (Phi) is 5.18. The smallest absolute Gasteiger partial charge is 0.119 e. The number of ether oxygens (including phenoxy) is 1. The lowest BCUT2D eigenvalue weighted by molar-refractivity contribution is 0.242. The van der Waals surface area contributed by atoms with E-state index in [9.17, 15) is 0 Å². The second-order valence-electron chi connectivity index (χ2n) is 5.18. The van der Waals surface area contributed by atoms with Gasteiger partial charge in [0.1, 0.15) is 5.75 Å². The highest BCUT2D eigenvalue weighted by molar-refractivity contribution is 9.09. The molecule has 0 bridgehead atoms. The van der Waals surface area contributed by atoms with Crippen molar-refractivity contribution in [3.05, 3.63) is 59.4 Å². The van der Waals surface area contributed by atoms with Crippen molar-refractivity contribution in [2.24, 2.45) is 0 Å². The second-order valence-corrected chi connectivity index (χ2v) is 6.28. The van der Waals surface area contributed by atoms with Crippen LogP contribution >= 0.6 is 15.9 Å². The van der Waals surface area contributed by atoms with Gasteiger partial charge in [-0.3, -0.25) is 4.98 Å². The van der Waals surface area contributed by atoms with Gasteiger partial charge in [-0.2, -0.15) is 0 Å². The molecular weight excluding hydrogens is 314 g/mol. The molecule has 0 saturated carbocycles. The summed E-state index contributed by atoms with van der Waals surface area (Å²) in [4.78, 5) is 4.70. The predicted octanol–water partition coefficient (Wildman–Crippen LogP) is 4.86. The van der Waals surface area contributed by atoms with Crippen LogP contribution in [0.5, 0.6) is 5.75 Å². The fourth-order valence-electron chi connectivity index (χ4n) is 2.07. The SMILES string of the molecule is Cc1cccnc1CC(Br)c1cccc(OC(C)C)c1. The van der Waals surface area contributed by atoms with E-state index in [1.54, 1.807) is 0 Å². The van der Waals surface area contributed by atoms with E-state index in [0.29, 0.717) is 0 Å². The van der Waals surface area contributed by atoms with Crippen molar-refractivity contribution in [1.82, 2.24) is 4.98 Å². The van der Waals surface area contributed by atoms with Gasteiger partial charge in [0.05, 0.1) is 6.10 Å². The van der Waals surface area contributed by atoms with Crippen molar-refractivity contribution in [3.63, 3.8) is 0 Å². The van der Waals surface area contributed by atoms with Crippen molar-refractivity contribution in [1.29, 1.82) is 0 Å². The van der Waals surface area contributed by atoms with Gasteiger partial charge in [-0.15, -0.1) is 0 Å². The second kappa shape index (κ2) is 6.89. The molecule has 1 aromatic carbocycles. The summed E-state index contributed by atoms with van der Waals surface area (Å²) in [5.74, 6) is 0.916. The topological polar surface area (TPSA) is 22.1 Å². The molecule has 20 heavy (non-hydrogen) atoms. The average molecular weight is 334 g/mol. The van der Waals surface area contributed by atoms with Crippen LogP contribution in [0.25, 0.3) is 0 Å². The maximum absolute atomic E-state index is 5.74. The van der Waals surface area contributed by atoms with Crippen LogP contribution in [0.4, 0.5) is 0 Å². The zero-order valence-electron chi connectivity index (χ0n) is 12.1. The summed E-state index contributed by atoms with van der Waals surface area (Å²) in [5.41, 5.74) is 3.57. The van der Waals surface area contributed by atoms with Gasteiger partial charge in [0.2, 0.25) is 0 Å². The zero-order valence-corrected chi connectivity index (χ0v) is 13.7. The molecular formula is C17H20BrNO. The molecule has 0 fully saturated rings. The third-order valence-electron chi connectivity index (χ3n) is 3.08. The molecule has 3 heteroatoms.